The number of aromatic amines is 1. The average Bonchev–Trinajstić information content (AvgIpc) is 3.23. The number of piperazine rings is 1. The summed E-state index contributed by atoms with van der Waals surface area (Å²) in [5, 5.41) is 2.96. The summed E-state index contributed by atoms with van der Waals surface area (Å²) in [4.78, 5) is 31.5. The van der Waals surface area contributed by atoms with Gasteiger partial charge in [-0.25, -0.2) is 0 Å². The molecule has 0 spiro atoms. The Labute approximate surface area is 160 Å². The van der Waals surface area contributed by atoms with Gasteiger partial charge in [-0.3, -0.25) is 14.5 Å². The minimum atomic E-state index is -0.0181. The van der Waals surface area contributed by atoms with Crippen molar-refractivity contribution in [3.8, 4) is 0 Å². The van der Waals surface area contributed by atoms with Gasteiger partial charge in [-0.2, -0.15) is 0 Å². The van der Waals surface area contributed by atoms with Crippen LogP contribution in [-0.2, 0) is 4.79 Å². The maximum absolute atomic E-state index is 12.3. The summed E-state index contributed by atoms with van der Waals surface area (Å²) in [6.07, 6.45) is 2.85. The monoisotopic (exact) mass is 368 g/mol. The fraction of sp³-hybridized carbons (Fsp3) is 0.429. The predicted octanol–water partition coefficient (Wildman–Crippen LogP) is 2.92. The van der Waals surface area contributed by atoms with E-state index in [4.69, 9.17) is 0 Å². The van der Waals surface area contributed by atoms with Crippen LogP contribution in [0.4, 0.5) is 5.69 Å². The lowest BCUT2D eigenvalue weighted by Gasteiger charge is -2.34. The van der Waals surface area contributed by atoms with E-state index in [1.54, 1.807) is 12.3 Å². The van der Waals surface area contributed by atoms with Crippen molar-refractivity contribution in [1.29, 1.82) is 0 Å². The third kappa shape index (κ3) is 4.98. The molecule has 1 aliphatic heterocycles. The highest BCUT2D eigenvalue weighted by atomic mass is 16.2. The van der Waals surface area contributed by atoms with E-state index in [-0.39, 0.29) is 11.8 Å². The second-order valence-electron chi connectivity index (χ2n) is 7.13. The lowest BCUT2D eigenvalue weighted by atomic mass is 9.99. The molecule has 2 aromatic rings. The predicted molar refractivity (Wildman–Crippen MR) is 107 cm³/mol. The molecule has 144 valence electrons. The molecule has 27 heavy (non-hydrogen) atoms. The molecule has 1 saturated heterocycles. The van der Waals surface area contributed by atoms with Gasteiger partial charge < -0.3 is 15.2 Å². The van der Waals surface area contributed by atoms with Crippen molar-refractivity contribution in [2.24, 2.45) is 0 Å². The third-order valence-electron chi connectivity index (χ3n) is 5.23. The van der Waals surface area contributed by atoms with Gasteiger partial charge in [0.05, 0.1) is 6.54 Å². The minimum absolute atomic E-state index is 0.0181. The number of nitrogens with zero attached hydrogens (tertiary/aromatic N) is 2. The highest BCUT2D eigenvalue weighted by molar-refractivity contribution is 5.93. The fourth-order valence-electron chi connectivity index (χ4n) is 3.28. The smallest absolute Gasteiger partial charge is 0.270 e. The molecule has 0 bridgehead atoms. The van der Waals surface area contributed by atoms with Gasteiger partial charge in [-0.1, -0.05) is 26.0 Å². The van der Waals surface area contributed by atoms with E-state index >= 15 is 0 Å². The number of amides is 2. The number of carbonyl (C=O) groups is 2. The van der Waals surface area contributed by atoms with E-state index in [2.05, 4.69) is 41.2 Å². The molecule has 1 aromatic heterocycles. The second kappa shape index (κ2) is 8.86. The Morgan fingerprint density at radius 2 is 1.81 bits per heavy atom. The zero-order chi connectivity index (χ0) is 19.2. The van der Waals surface area contributed by atoms with Gasteiger partial charge in [-0.05, 0) is 42.2 Å². The van der Waals surface area contributed by atoms with Crippen LogP contribution in [0.25, 0.3) is 0 Å². The zero-order valence-electron chi connectivity index (χ0n) is 16.1. The molecular weight excluding hydrogens is 340 g/mol. The number of carbonyl (C=O) groups excluding carboxylic acids is 2. The molecule has 1 aromatic carbocycles. The molecule has 6 nitrogen and oxygen atoms in total. The normalized spacial score (nSPS) is 16.1. The summed E-state index contributed by atoms with van der Waals surface area (Å²) in [7, 11) is 0. The average molecular weight is 368 g/mol. The molecule has 0 unspecified atom stereocenters. The van der Waals surface area contributed by atoms with Gasteiger partial charge in [0, 0.05) is 38.1 Å². The zero-order valence-corrected chi connectivity index (χ0v) is 16.1. The molecule has 1 atom stereocenters. The van der Waals surface area contributed by atoms with Crippen molar-refractivity contribution in [1.82, 2.24) is 14.8 Å². The van der Waals surface area contributed by atoms with Crippen LogP contribution in [0.2, 0.25) is 0 Å². The van der Waals surface area contributed by atoms with E-state index in [0.29, 0.717) is 44.3 Å². The van der Waals surface area contributed by atoms with Crippen molar-refractivity contribution in [3.63, 3.8) is 0 Å². The van der Waals surface area contributed by atoms with Crippen molar-refractivity contribution in [3.05, 3.63) is 53.9 Å². The van der Waals surface area contributed by atoms with Gasteiger partial charge in [0.25, 0.3) is 5.91 Å². The second-order valence-corrected chi connectivity index (χ2v) is 7.13. The SMILES string of the molecule is CC[C@H](C)c1ccc(NC(=O)CN2CCN(C(=O)c3ccc[nH]3)CC2)cc1. The molecule has 0 aliphatic carbocycles. The third-order valence-corrected chi connectivity index (χ3v) is 5.23. The minimum Gasteiger partial charge on any atom is -0.357 e. The van der Waals surface area contributed by atoms with Gasteiger partial charge >= 0.3 is 0 Å². The highest BCUT2D eigenvalue weighted by Crippen LogP contribution is 2.20. The Morgan fingerprint density at radius 1 is 1.11 bits per heavy atom. The lowest BCUT2D eigenvalue weighted by Crippen LogP contribution is -2.50. The molecule has 6 heteroatoms. The number of anilines is 1. The van der Waals surface area contributed by atoms with Crippen LogP contribution in [0.1, 0.15) is 42.2 Å². The van der Waals surface area contributed by atoms with Gasteiger partial charge in [0.15, 0.2) is 0 Å². The van der Waals surface area contributed by atoms with E-state index in [0.717, 1.165) is 12.1 Å². The Kier molecular flexibility index (Phi) is 6.29. The first kappa shape index (κ1) is 19.2. The van der Waals surface area contributed by atoms with Crippen LogP contribution in [-0.4, -0.2) is 59.3 Å². The van der Waals surface area contributed by atoms with Crippen molar-refractivity contribution >= 4 is 17.5 Å². The number of aromatic nitrogens is 1. The Balaban J connectivity index is 1.45. The van der Waals surface area contributed by atoms with Gasteiger partial charge in [0.1, 0.15) is 5.69 Å². The molecule has 2 amide bonds. The number of benzene rings is 1. The number of nitrogens with one attached hydrogen (secondary N) is 2. The van der Waals surface area contributed by atoms with Crippen LogP contribution < -0.4 is 5.32 Å². The topological polar surface area (TPSA) is 68.4 Å². The maximum Gasteiger partial charge on any atom is 0.270 e. The fourth-order valence-corrected chi connectivity index (χ4v) is 3.28. The molecule has 2 heterocycles. The highest BCUT2D eigenvalue weighted by Gasteiger charge is 2.23. The van der Waals surface area contributed by atoms with E-state index < -0.39 is 0 Å². The standard InChI is InChI=1S/C21H28N4O2/c1-3-16(2)17-6-8-18(9-7-17)23-20(26)15-24-11-13-25(14-12-24)21(27)19-5-4-10-22-19/h4-10,16,22H,3,11-15H2,1-2H3,(H,23,26)/t16-/m0/s1. The first-order chi connectivity index (χ1) is 13.1. The van der Waals surface area contributed by atoms with Crippen LogP contribution in [0.5, 0.6) is 0 Å². The Hall–Kier alpha value is -2.60. The van der Waals surface area contributed by atoms with Crippen LogP contribution >= 0.6 is 0 Å². The van der Waals surface area contributed by atoms with E-state index in [1.807, 2.05) is 23.1 Å². The van der Waals surface area contributed by atoms with E-state index in [9.17, 15) is 9.59 Å². The number of H-pyrrole nitrogens is 1. The van der Waals surface area contributed by atoms with Gasteiger partial charge in [-0.15, -0.1) is 0 Å². The number of hydrogen-bond acceptors (Lipinski definition) is 3. The molecule has 1 aliphatic rings. The lowest BCUT2D eigenvalue weighted by molar-refractivity contribution is -0.117. The number of rotatable bonds is 6. The summed E-state index contributed by atoms with van der Waals surface area (Å²) >= 11 is 0. The summed E-state index contributed by atoms with van der Waals surface area (Å²) < 4.78 is 0. The molecule has 3 rings (SSSR count). The van der Waals surface area contributed by atoms with Crippen LogP contribution in [0, 0.1) is 0 Å². The molecule has 2 N–H and O–H groups in total. The quantitative estimate of drug-likeness (QED) is 0.824. The summed E-state index contributed by atoms with van der Waals surface area (Å²) in [5.74, 6) is 0.528. The van der Waals surface area contributed by atoms with Gasteiger partial charge in [0.2, 0.25) is 5.91 Å². The summed E-state index contributed by atoms with van der Waals surface area (Å²) in [6.45, 7) is 7.39. The molecule has 0 radical (unpaired) electrons. The van der Waals surface area contributed by atoms with Crippen molar-refractivity contribution in [2.45, 2.75) is 26.2 Å². The maximum atomic E-state index is 12.3. The summed E-state index contributed by atoms with van der Waals surface area (Å²) in [6, 6.07) is 11.7. The Bertz CT molecular complexity index is 747. The molecule has 0 saturated carbocycles. The van der Waals surface area contributed by atoms with E-state index in [1.165, 1.54) is 5.56 Å². The first-order valence-corrected chi connectivity index (χ1v) is 9.61. The molecular formula is C21H28N4O2. The number of hydrogen-bond donors (Lipinski definition) is 2. The molecule has 1 fully saturated rings. The van der Waals surface area contributed by atoms with Crippen LogP contribution in [0.3, 0.4) is 0 Å². The van der Waals surface area contributed by atoms with Crippen molar-refractivity contribution in [2.75, 3.05) is 38.0 Å². The summed E-state index contributed by atoms with van der Waals surface area (Å²) in [5.41, 5.74) is 2.73. The van der Waals surface area contributed by atoms with Crippen molar-refractivity contribution < 1.29 is 9.59 Å². The van der Waals surface area contributed by atoms with Crippen LogP contribution in [0.15, 0.2) is 42.6 Å². The Morgan fingerprint density at radius 3 is 2.41 bits per heavy atom. The first-order valence-electron chi connectivity index (χ1n) is 9.61. The largest absolute Gasteiger partial charge is 0.357 e.